The minimum Gasteiger partial charge on any atom is -0.496 e. The highest BCUT2D eigenvalue weighted by atomic mass is 19.1. The van der Waals surface area contributed by atoms with Crippen LogP contribution < -0.4 is 36.7 Å². The van der Waals surface area contributed by atoms with Crippen molar-refractivity contribution in [2.75, 3.05) is 26.1 Å². The lowest BCUT2D eigenvalue weighted by molar-refractivity contribution is 0.398. The van der Waals surface area contributed by atoms with Crippen molar-refractivity contribution in [3.8, 4) is 22.8 Å². The van der Waals surface area contributed by atoms with Crippen molar-refractivity contribution < 1.29 is 13.9 Å². The van der Waals surface area contributed by atoms with Crippen LogP contribution >= 0.6 is 0 Å². The largest absolute Gasteiger partial charge is 0.496 e. The second kappa shape index (κ2) is 9.84. The number of hydrogen-bond acceptors (Lipinski definition) is 9. The van der Waals surface area contributed by atoms with Gasteiger partial charge < -0.3 is 19.4 Å². The first-order chi connectivity index (χ1) is 17.1. The summed E-state index contributed by atoms with van der Waals surface area (Å²) in [4.78, 5) is 8.77. The molecule has 0 atom stereocenters. The van der Waals surface area contributed by atoms with Crippen LogP contribution in [0.1, 0.15) is 17.4 Å². The van der Waals surface area contributed by atoms with E-state index in [0.717, 1.165) is 33.7 Å². The summed E-state index contributed by atoms with van der Waals surface area (Å²) < 4.78 is 27.5. The van der Waals surface area contributed by atoms with E-state index in [1.165, 1.54) is 12.4 Å². The van der Waals surface area contributed by atoms with Gasteiger partial charge in [-0.1, -0.05) is 12.1 Å². The van der Waals surface area contributed by atoms with E-state index in [0.29, 0.717) is 30.2 Å². The molecule has 0 bridgehead atoms. The summed E-state index contributed by atoms with van der Waals surface area (Å²) in [6, 6.07) is 12.8. The fourth-order valence-corrected chi connectivity index (χ4v) is 4.33. The van der Waals surface area contributed by atoms with Crippen molar-refractivity contribution in [3.05, 3.63) is 65.9 Å². The van der Waals surface area contributed by atoms with Crippen LogP contribution in [-0.4, -0.2) is 35.3 Å². The SMILES string of the molecule is COc1cc(-c2cc(NCCn3c(C)cc4c(OC)ccc(F)c43)ncn2)ccc1C1NNNN1. The second-order valence-electron chi connectivity index (χ2n) is 8.09. The number of benzene rings is 2. The van der Waals surface area contributed by atoms with Crippen LogP contribution in [0.15, 0.2) is 48.8 Å². The average Bonchev–Trinajstić information content (AvgIpc) is 3.53. The summed E-state index contributed by atoms with van der Waals surface area (Å²) >= 11 is 0. The minimum absolute atomic E-state index is 0.139. The zero-order valence-electron chi connectivity index (χ0n) is 19.6. The van der Waals surface area contributed by atoms with Crippen LogP contribution in [0.2, 0.25) is 0 Å². The topological polar surface area (TPSA) is 109 Å². The molecule has 11 heteroatoms. The van der Waals surface area contributed by atoms with Gasteiger partial charge in [-0.05, 0) is 31.2 Å². The predicted octanol–water partition coefficient (Wildman–Crippen LogP) is 2.79. The van der Waals surface area contributed by atoms with Crippen LogP contribution in [-0.2, 0) is 6.54 Å². The first-order valence-electron chi connectivity index (χ1n) is 11.2. The molecular weight excluding hydrogens is 451 g/mol. The molecule has 3 heterocycles. The molecule has 182 valence electrons. The molecule has 10 nitrogen and oxygen atoms in total. The number of anilines is 1. The highest BCUT2D eigenvalue weighted by molar-refractivity contribution is 5.88. The number of fused-ring (bicyclic) bond motifs is 1. The van der Waals surface area contributed by atoms with Crippen molar-refractivity contribution in [1.82, 2.24) is 36.5 Å². The second-order valence-corrected chi connectivity index (χ2v) is 8.09. The third kappa shape index (κ3) is 4.49. The Morgan fingerprint density at radius 3 is 2.57 bits per heavy atom. The van der Waals surface area contributed by atoms with Crippen LogP contribution in [0, 0.1) is 12.7 Å². The molecule has 0 spiro atoms. The van der Waals surface area contributed by atoms with E-state index in [9.17, 15) is 4.39 Å². The molecule has 1 aliphatic heterocycles. The standard InChI is InChI=1S/C24H27FN8O2/c1-14-10-17-20(34-2)7-6-18(25)23(17)33(14)9-8-26-22-12-19(27-13-28-22)15-4-5-16(21(11-15)35-3)24-29-31-32-30-24/h4-7,10-13,24,29-32H,8-9H2,1-3H3,(H,26,27,28). The van der Waals surface area contributed by atoms with E-state index in [2.05, 4.69) is 37.2 Å². The van der Waals surface area contributed by atoms with Crippen molar-refractivity contribution in [2.24, 2.45) is 0 Å². The van der Waals surface area contributed by atoms with Gasteiger partial charge in [0.25, 0.3) is 0 Å². The van der Waals surface area contributed by atoms with Crippen molar-refractivity contribution in [2.45, 2.75) is 19.6 Å². The Morgan fingerprint density at radius 2 is 1.80 bits per heavy atom. The lowest BCUT2D eigenvalue weighted by atomic mass is 10.1. The van der Waals surface area contributed by atoms with Gasteiger partial charge in [-0.15, -0.1) is 0 Å². The van der Waals surface area contributed by atoms with Gasteiger partial charge in [-0.2, -0.15) is 11.1 Å². The zero-order valence-corrected chi connectivity index (χ0v) is 19.6. The number of hydrogen-bond donors (Lipinski definition) is 5. The van der Waals surface area contributed by atoms with Gasteiger partial charge in [0.15, 0.2) is 0 Å². The van der Waals surface area contributed by atoms with Crippen LogP contribution in [0.5, 0.6) is 11.5 Å². The number of ether oxygens (including phenoxy) is 2. The summed E-state index contributed by atoms with van der Waals surface area (Å²) in [5.41, 5.74) is 15.8. The number of nitrogens with one attached hydrogen (secondary N) is 5. The van der Waals surface area contributed by atoms with Crippen LogP contribution in [0.4, 0.5) is 10.2 Å². The average molecular weight is 479 g/mol. The Kier molecular flexibility index (Phi) is 6.47. The van der Waals surface area contributed by atoms with Gasteiger partial charge in [-0.3, -0.25) is 0 Å². The third-order valence-electron chi connectivity index (χ3n) is 6.04. The number of methoxy groups -OCH3 is 2. The van der Waals surface area contributed by atoms with E-state index >= 15 is 0 Å². The van der Waals surface area contributed by atoms with Gasteiger partial charge in [0.2, 0.25) is 0 Å². The Morgan fingerprint density at radius 1 is 1.00 bits per heavy atom. The van der Waals surface area contributed by atoms with E-state index in [1.54, 1.807) is 20.3 Å². The van der Waals surface area contributed by atoms with Crippen LogP contribution in [0.25, 0.3) is 22.2 Å². The number of halogens is 1. The summed E-state index contributed by atoms with van der Waals surface area (Å²) in [6.07, 6.45) is 1.38. The van der Waals surface area contributed by atoms with Crippen LogP contribution in [0.3, 0.4) is 0 Å². The predicted molar refractivity (Wildman–Crippen MR) is 131 cm³/mol. The fourth-order valence-electron chi connectivity index (χ4n) is 4.33. The van der Waals surface area contributed by atoms with Gasteiger partial charge in [0, 0.05) is 41.4 Å². The molecular formula is C24H27FN8O2. The van der Waals surface area contributed by atoms with Gasteiger partial charge in [0.1, 0.15) is 35.6 Å². The number of nitrogens with zero attached hydrogens (tertiary/aromatic N) is 3. The Bertz CT molecular complexity index is 1350. The fraction of sp³-hybridized carbons (Fsp3) is 0.250. The first kappa shape index (κ1) is 23.0. The van der Waals surface area contributed by atoms with Gasteiger partial charge >= 0.3 is 0 Å². The molecule has 1 saturated heterocycles. The van der Waals surface area contributed by atoms with E-state index < -0.39 is 0 Å². The summed E-state index contributed by atoms with van der Waals surface area (Å²) in [6.45, 7) is 3.07. The Labute approximate surface area is 201 Å². The monoisotopic (exact) mass is 478 g/mol. The molecule has 35 heavy (non-hydrogen) atoms. The number of rotatable bonds is 8. The first-order valence-corrected chi connectivity index (χ1v) is 11.2. The van der Waals surface area contributed by atoms with E-state index in [1.807, 2.05) is 41.8 Å². The van der Waals surface area contributed by atoms with E-state index in [-0.39, 0.29) is 12.0 Å². The molecule has 0 saturated carbocycles. The highest BCUT2D eigenvalue weighted by Crippen LogP contribution is 2.32. The van der Waals surface area contributed by atoms with Gasteiger partial charge in [-0.25, -0.2) is 25.2 Å². The quantitative estimate of drug-likeness (QED) is 0.261. The molecule has 0 aliphatic carbocycles. The summed E-state index contributed by atoms with van der Waals surface area (Å²) in [5.74, 6) is 1.78. The molecule has 4 aromatic rings. The Balaban J connectivity index is 1.32. The molecule has 1 aliphatic rings. The van der Waals surface area contributed by atoms with E-state index in [4.69, 9.17) is 9.47 Å². The van der Waals surface area contributed by atoms with Crippen molar-refractivity contribution >= 4 is 16.7 Å². The molecule has 5 N–H and O–H groups in total. The highest BCUT2D eigenvalue weighted by Gasteiger charge is 2.20. The maximum absolute atomic E-state index is 14.6. The molecule has 2 aromatic carbocycles. The normalized spacial score (nSPS) is 13.9. The molecule has 0 amide bonds. The lowest BCUT2D eigenvalue weighted by Crippen LogP contribution is -2.33. The molecule has 0 unspecified atom stereocenters. The minimum atomic E-state index is -0.273. The maximum atomic E-state index is 14.6. The molecule has 5 rings (SSSR count). The van der Waals surface area contributed by atoms with Crippen molar-refractivity contribution in [3.63, 3.8) is 0 Å². The molecule has 1 fully saturated rings. The maximum Gasteiger partial charge on any atom is 0.147 e. The third-order valence-corrected chi connectivity index (χ3v) is 6.04. The number of aromatic nitrogens is 3. The number of hydrazine groups is 3. The zero-order chi connectivity index (χ0) is 24.4. The van der Waals surface area contributed by atoms with Gasteiger partial charge in [0.05, 0.1) is 25.4 Å². The smallest absolute Gasteiger partial charge is 0.147 e. The summed E-state index contributed by atoms with van der Waals surface area (Å²) in [5, 5.41) is 4.09. The Hall–Kier alpha value is -3.77. The molecule has 0 radical (unpaired) electrons. The lowest BCUT2D eigenvalue weighted by Gasteiger charge is -2.15. The number of aryl methyl sites for hydroxylation is 1. The summed E-state index contributed by atoms with van der Waals surface area (Å²) in [7, 11) is 3.23. The van der Waals surface area contributed by atoms with Crippen molar-refractivity contribution in [1.29, 1.82) is 0 Å². The molecule has 2 aromatic heterocycles.